The molecule has 2 saturated heterocycles. The number of nitrogens with one attached hydrogen (secondary N) is 1. The van der Waals surface area contributed by atoms with Crippen LogP contribution >= 0.6 is 0 Å². The van der Waals surface area contributed by atoms with E-state index < -0.39 is 0 Å². The molecule has 1 aromatic carbocycles. The highest BCUT2D eigenvalue weighted by atomic mass is 16.2. The van der Waals surface area contributed by atoms with Crippen LogP contribution in [0.4, 0.5) is 5.69 Å². The molecule has 1 unspecified atom stereocenters. The van der Waals surface area contributed by atoms with Gasteiger partial charge in [0.15, 0.2) is 0 Å². The van der Waals surface area contributed by atoms with Crippen LogP contribution in [-0.2, 0) is 0 Å². The molecule has 21 heavy (non-hydrogen) atoms. The monoisotopic (exact) mass is 287 g/mol. The molecule has 0 spiro atoms. The maximum Gasteiger partial charge on any atom is 0.253 e. The van der Waals surface area contributed by atoms with Gasteiger partial charge in [-0.25, -0.2) is 0 Å². The molecular weight excluding hydrogens is 262 g/mol. The molecule has 0 aromatic heterocycles. The van der Waals surface area contributed by atoms with E-state index in [2.05, 4.69) is 17.1 Å². The van der Waals surface area contributed by atoms with Crippen molar-refractivity contribution in [1.29, 1.82) is 0 Å². The SMILES string of the molecule is CCNc1ccc(C(=O)N2CCC(N3CCCC3)C2)cc1. The summed E-state index contributed by atoms with van der Waals surface area (Å²) in [7, 11) is 0. The molecular formula is C17H25N3O. The third kappa shape index (κ3) is 3.21. The summed E-state index contributed by atoms with van der Waals surface area (Å²) in [5, 5.41) is 3.26. The van der Waals surface area contributed by atoms with Gasteiger partial charge >= 0.3 is 0 Å². The summed E-state index contributed by atoms with van der Waals surface area (Å²) in [6.45, 7) is 7.19. The predicted molar refractivity (Wildman–Crippen MR) is 85.7 cm³/mol. The van der Waals surface area contributed by atoms with E-state index in [1.165, 1.54) is 25.9 Å². The van der Waals surface area contributed by atoms with E-state index in [0.717, 1.165) is 37.3 Å². The Labute approximate surface area is 127 Å². The number of likely N-dealkylation sites (tertiary alicyclic amines) is 2. The highest BCUT2D eigenvalue weighted by Gasteiger charge is 2.31. The molecule has 1 amide bonds. The van der Waals surface area contributed by atoms with Crippen LogP contribution in [0.5, 0.6) is 0 Å². The molecule has 0 radical (unpaired) electrons. The van der Waals surface area contributed by atoms with E-state index in [-0.39, 0.29) is 5.91 Å². The van der Waals surface area contributed by atoms with Crippen LogP contribution in [0.2, 0.25) is 0 Å². The molecule has 2 aliphatic rings. The molecule has 0 bridgehead atoms. The number of anilines is 1. The van der Waals surface area contributed by atoms with Crippen molar-refractivity contribution >= 4 is 11.6 Å². The molecule has 2 fully saturated rings. The van der Waals surface area contributed by atoms with Crippen molar-refractivity contribution in [3.8, 4) is 0 Å². The van der Waals surface area contributed by atoms with Crippen molar-refractivity contribution in [1.82, 2.24) is 9.80 Å². The van der Waals surface area contributed by atoms with Gasteiger partial charge in [0.05, 0.1) is 0 Å². The lowest BCUT2D eigenvalue weighted by Crippen LogP contribution is -2.37. The first kappa shape index (κ1) is 14.4. The fourth-order valence-corrected chi connectivity index (χ4v) is 3.45. The minimum Gasteiger partial charge on any atom is -0.385 e. The molecule has 4 nitrogen and oxygen atoms in total. The van der Waals surface area contributed by atoms with Crippen LogP contribution in [0, 0.1) is 0 Å². The fourth-order valence-electron chi connectivity index (χ4n) is 3.45. The first-order valence-electron chi connectivity index (χ1n) is 8.15. The van der Waals surface area contributed by atoms with Crippen molar-refractivity contribution in [2.75, 3.05) is 38.0 Å². The topological polar surface area (TPSA) is 35.6 Å². The summed E-state index contributed by atoms with van der Waals surface area (Å²) in [4.78, 5) is 17.1. The molecule has 1 N–H and O–H groups in total. The first-order chi connectivity index (χ1) is 10.3. The minimum atomic E-state index is 0.180. The summed E-state index contributed by atoms with van der Waals surface area (Å²) >= 11 is 0. The van der Waals surface area contributed by atoms with Gasteiger partial charge in [0, 0.05) is 36.9 Å². The summed E-state index contributed by atoms with van der Waals surface area (Å²) < 4.78 is 0. The normalized spacial score (nSPS) is 22.7. The second-order valence-corrected chi connectivity index (χ2v) is 6.04. The van der Waals surface area contributed by atoms with E-state index in [4.69, 9.17) is 0 Å². The maximum atomic E-state index is 12.6. The lowest BCUT2D eigenvalue weighted by molar-refractivity contribution is 0.0780. The number of nitrogens with zero attached hydrogens (tertiary/aromatic N) is 2. The standard InChI is InChI=1S/C17H25N3O/c1-2-18-15-7-5-14(6-8-15)17(21)20-12-9-16(13-20)19-10-3-4-11-19/h5-8,16,18H,2-4,9-13H2,1H3. The molecule has 2 aliphatic heterocycles. The largest absolute Gasteiger partial charge is 0.385 e. The van der Waals surface area contributed by atoms with Gasteiger partial charge < -0.3 is 10.2 Å². The van der Waals surface area contributed by atoms with Crippen LogP contribution in [0.25, 0.3) is 0 Å². The Morgan fingerprint density at radius 1 is 1.19 bits per heavy atom. The highest BCUT2D eigenvalue weighted by Crippen LogP contribution is 2.22. The van der Waals surface area contributed by atoms with E-state index in [9.17, 15) is 4.79 Å². The van der Waals surface area contributed by atoms with Crippen LogP contribution in [0.15, 0.2) is 24.3 Å². The molecule has 1 aromatic rings. The predicted octanol–water partition coefficient (Wildman–Crippen LogP) is 2.43. The number of hydrogen-bond acceptors (Lipinski definition) is 3. The van der Waals surface area contributed by atoms with Crippen molar-refractivity contribution in [2.24, 2.45) is 0 Å². The second kappa shape index (κ2) is 6.48. The van der Waals surface area contributed by atoms with E-state index >= 15 is 0 Å². The second-order valence-electron chi connectivity index (χ2n) is 6.04. The number of hydrogen-bond donors (Lipinski definition) is 1. The van der Waals surface area contributed by atoms with E-state index in [1.807, 2.05) is 29.2 Å². The Bertz CT molecular complexity index is 479. The molecule has 0 aliphatic carbocycles. The first-order valence-corrected chi connectivity index (χ1v) is 8.15. The number of carbonyl (C=O) groups excluding carboxylic acids is 1. The molecule has 2 heterocycles. The third-order valence-electron chi connectivity index (χ3n) is 4.62. The Hall–Kier alpha value is -1.55. The smallest absolute Gasteiger partial charge is 0.253 e. The third-order valence-corrected chi connectivity index (χ3v) is 4.62. The van der Waals surface area contributed by atoms with Crippen LogP contribution in [-0.4, -0.2) is 54.5 Å². The van der Waals surface area contributed by atoms with Crippen molar-refractivity contribution < 1.29 is 4.79 Å². The van der Waals surface area contributed by atoms with Crippen LogP contribution in [0.1, 0.15) is 36.5 Å². The summed E-state index contributed by atoms with van der Waals surface area (Å²) in [6.07, 6.45) is 3.76. The zero-order chi connectivity index (χ0) is 14.7. The van der Waals surface area contributed by atoms with Gasteiger partial charge in [-0.1, -0.05) is 0 Å². The molecule has 0 saturated carbocycles. The molecule has 1 atom stereocenters. The zero-order valence-electron chi connectivity index (χ0n) is 12.8. The number of amides is 1. The minimum absolute atomic E-state index is 0.180. The summed E-state index contributed by atoms with van der Waals surface area (Å²) in [6, 6.07) is 8.43. The Morgan fingerprint density at radius 2 is 1.90 bits per heavy atom. The van der Waals surface area contributed by atoms with Crippen molar-refractivity contribution in [3.63, 3.8) is 0 Å². The van der Waals surface area contributed by atoms with Crippen LogP contribution < -0.4 is 5.32 Å². The zero-order valence-corrected chi connectivity index (χ0v) is 12.8. The van der Waals surface area contributed by atoms with Crippen molar-refractivity contribution in [2.45, 2.75) is 32.2 Å². The van der Waals surface area contributed by atoms with Gasteiger partial charge in [-0.2, -0.15) is 0 Å². The fraction of sp³-hybridized carbons (Fsp3) is 0.588. The highest BCUT2D eigenvalue weighted by molar-refractivity contribution is 5.94. The molecule has 4 heteroatoms. The lowest BCUT2D eigenvalue weighted by atomic mass is 10.2. The quantitative estimate of drug-likeness (QED) is 0.924. The number of benzene rings is 1. The maximum absolute atomic E-state index is 12.6. The van der Waals surface area contributed by atoms with E-state index in [0.29, 0.717) is 6.04 Å². The average molecular weight is 287 g/mol. The Kier molecular flexibility index (Phi) is 4.44. The van der Waals surface area contributed by atoms with Crippen molar-refractivity contribution in [3.05, 3.63) is 29.8 Å². The van der Waals surface area contributed by atoms with Gasteiger partial charge in [0.25, 0.3) is 5.91 Å². The number of carbonyl (C=O) groups is 1. The number of rotatable bonds is 4. The lowest BCUT2D eigenvalue weighted by Gasteiger charge is -2.23. The van der Waals surface area contributed by atoms with Crippen LogP contribution in [0.3, 0.4) is 0 Å². The average Bonchev–Trinajstić information content (AvgIpc) is 3.19. The van der Waals surface area contributed by atoms with Gasteiger partial charge in [0.1, 0.15) is 0 Å². The van der Waals surface area contributed by atoms with Gasteiger partial charge in [-0.15, -0.1) is 0 Å². The Morgan fingerprint density at radius 3 is 2.57 bits per heavy atom. The van der Waals surface area contributed by atoms with Gasteiger partial charge in [-0.3, -0.25) is 9.69 Å². The summed E-state index contributed by atoms with van der Waals surface area (Å²) in [5.41, 5.74) is 1.88. The molecule has 114 valence electrons. The summed E-state index contributed by atoms with van der Waals surface area (Å²) in [5.74, 6) is 0.180. The Balaban J connectivity index is 1.60. The van der Waals surface area contributed by atoms with Gasteiger partial charge in [-0.05, 0) is 63.5 Å². The molecule has 3 rings (SSSR count). The van der Waals surface area contributed by atoms with E-state index in [1.54, 1.807) is 0 Å². The van der Waals surface area contributed by atoms with Gasteiger partial charge in [0.2, 0.25) is 0 Å².